The van der Waals surface area contributed by atoms with Gasteiger partial charge in [-0.3, -0.25) is 9.48 Å². The lowest BCUT2D eigenvalue weighted by Gasteiger charge is -2.18. The summed E-state index contributed by atoms with van der Waals surface area (Å²) < 4.78 is 2.71. The van der Waals surface area contributed by atoms with Gasteiger partial charge in [-0.25, -0.2) is 0 Å². The third-order valence-electron chi connectivity index (χ3n) is 2.27. The van der Waals surface area contributed by atoms with Crippen molar-refractivity contribution in [3.8, 4) is 0 Å². The van der Waals surface area contributed by atoms with Crippen LogP contribution in [-0.4, -0.2) is 33.7 Å². The number of hydrogen-bond donors (Lipinski definition) is 0. The van der Waals surface area contributed by atoms with Gasteiger partial charge in [0.25, 0.3) is 0 Å². The normalized spacial score (nSPS) is 10.3. The number of hydrogen-bond acceptors (Lipinski definition) is 2. The van der Waals surface area contributed by atoms with Crippen LogP contribution in [0.25, 0.3) is 0 Å². The third-order valence-corrected chi connectivity index (χ3v) is 2.68. The maximum absolute atomic E-state index is 11.7. The SMILES string of the molecule is CCN(CC)C(=O)CCn1cc(Br)cn1. The van der Waals surface area contributed by atoms with Gasteiger partial charge in [-0.15, -0.1) is 0 Å². The molecule has 0 spiro atoms. The molecule has 0 unspecified atom stereocenters. The van der Waals surface area contributed by atoms with Gasteiger partial charge in [0.2, 0.25) is 5.91 Å². The first-order chi connectivity index (χ1) is 7.17. The summed E-state index contributed by atoms with van der Waals surface area (Å²) in [5.41, 5.74) is 0. The van der Waals surface area contributed by atoms with Crippen molar-refractivity contribution in [1.29, 1.82) is 0 Å². The molecule has 0 radical (unpaired) electrons. The van der Waals surface area contributed by atoms with Crippen molar-refractivity contribution >= 4 is 21.8 Å². The minimum atomic E-state index is 0.187. The molecule has 0 saturated carbocycles. The largest absolute Gasteiger partial charge is 0.343 e. The van der Waals surface area contributed by atoms with E-state index in [0.29, 0.717) is 13.0 Å². The van der Waals surface area contributed by atoms with Gasteiger partial charge in [-0.2, -0.15) is 5.10 Å². The molecule has 1 rings (SSSR count). The molecule has 4 nitrogen and oxygen atoms in total. The summed E-state index contributed by atoms with van der Waals surface area (Å²) in [7, 11) is 0. The predicted molar refractivity (Wildman–Crippen MR) is 62.5 cm³/mol. The number of amides is 1. The summed E-state index contributed by atoms with van der Waals surface area (Å²) in [6.45, 7) is 6.18. The van der Waals surface area contributed by atoms with Crippen molar-refractivity contribution in [2.24, 2.45) is 0 Å². The maximum atomic E-state index is 11.7. The van der Waals surface area contributed by atoms with E-state index in [9.17, 15) is 4.79 Å². The van der Waals surface area contributed by atoms with Crippen LogP contribution in [0.1, 0.15) is 20.3 Å². The van der Waals surface area contributed by atoms with E-state index in [-0.39, 0.29) is 5.91 Å². The molecule has 0 bridgehead atoms. The molecular weight excluding hydrogens is 258 g/mol. The van der Waals surface area contributed by atoms with Crippen LogP contribution < -0.4 is 0 Å². The summed E-state index contributed by atoms with van der Waals surface area (Å²) in [4.78, 5) is 13.5. The zero-order chi connectivity index (χ0) is 11.3. The van der Waals surface area contributed by atoms with Crippen molar-refractivity contribution in [3.05, 3.63) is 16.9 Å². The Hall–Kier alpha value is -0.840. The summed E-state index contributed by atoms with van der Waals surface area (Å²) in [6, 6.07) is 0. The van der Waals surface area contributed by atoms with Crippen LogP contribution in [0.2, 0.25) is 0 Å². The van der Waals surface area contributed by atoms with E-state index in [1.165, 1.54) is 0 Å². The summed E-state index contributed by atoms with van der Waals surface area (Å²) >= 11 is 3.32. The fourth-order valence-corrected chi connectivity index (χ4v) is 1.73. The minimum Gasteiger partial charge on any atom is -0.343 e. The lowest BCUT2D eigenvalue weighted by atomic mass is 10.3. The lowest BCUT2D eigenvalue weighted by Crippen LogP contribution is -2.31. The highest BCUT2D eigenvalue weighted by molar-refractivity contribution is 9.10. The smallest absolute Gasteiger partial charge is 0.224 e. The zero-order valence-corrected chi connectivity index (χ0v) is 10.7. The molecule has 0 N–H and O–H groups in total. The van der Waals surface area contributed by atoms with Gasteiger partial charge in [0.1, 0.15) is 0 Å². The van der Waals surface area contributed by atoms with Crippen molar-refractivity contribution in [3.63, 3.8) is 0 Å². The monoisotopic (exact) mass is 273 g/mol. The Morgan fingerprint density at radius 2 is 2.20 bits per heavy atom. The average molecular weight is 274 g/mol. The molecule has 1 heterocycles. The quantitative estimate of drug-likeness (QED) is 0.822. The molecule has 0 atom stereocenters. The van der Waals surface area contributed by atoms with Crippen LogP contribution in [0.5, 0.6) is 0 Å². The van der Waals surface area contributed by atoms with Gasteiger partial charge in [0.15, 0.2) is 0 Å². The van der Waals surface area contributed by atoms with E-state index >= 15 is 0 Å². The van der Waals surface area contributed by atoms with Crippen LogP contribution in [0.3, 0.4) is 0 Å². The second-order valence-electron chi connectivity index (χ2n) is 3.24. The topological polar surface area (TPSA) is 38.1 Å². The van der Waals surface area contributed by atoms with Crippen LogP contribution in [0.4, 0.5) is 0 Å². The first-order valence-electron chi connectivity index (χ1n) is 5.13. The van der Waals surface area contributed by atoms with Crippen LogP contribution in [0, 0.1) is 0 Å². The van der Waals surface area contributed by atoms with Crippen LogP contribution >= 0.6 is 15.9 Å². The summed E-state index contributed by atoms with van der Waals surface area (Å²) in [5, 5.41) is 4.10. The molecule has 0 aliphatic carbocycles. The van der Waals surface area contributed by atoms with Gasteiger partial charge in [0, 0.05) is 32.3 Å². The highest BCUT2D eigenvalue weighted by atomic mass is 79.9. The molecule has 0 fully saturated rings. The summed E-state index contributed by atoms with van der Waals surface area (Å²) in [6.07, 6.45) is 4.10. The number of carbonyl (C=O) groups excluding carboxylic acids is 1. The molecular formula is C10H16BrN3O. The molecule has 0 aromatic carbocycles. The van der Waals surface area contributed by atoms with E-state index in [1.807, 2.05) is 24.9 Å². The molecule has 1 aromatic heterocycles. The Morgan fingerprint density at radius 3 is 2.67 bits per heavy atom. The molecule has 1 aromatic rings. The summed E-state index contributed by atoms with van der Waals surface area (Å²) in [5.74, 6) is 0.187. The lowest BCUT2D eigenvalue weighted by molar-refractivity contribution is -0.131. The average Bonchev–Trinajstić information content (AvgIpc) is 2.63. The predicted octanol–water partition coefficient (Wildman–Crippen LogP) is 1.90. The number of carbonyl (C=O) groups is 1. The Balaban J connectivity index is 2.40. The highest BCUT2D eigenvalue weighted by Gasteiger charge is 2.09. The first kappa shape index (κ1) is 12.2. The molecule has 1 amide bonds. The van der Waals surface area contributed by atoms with Gasteiger partial charge in [0.05, 0.1) is 10.7 Å². The molecule has 5 heteroatoms. The van der Waals surface area contributed by atoms with Gasteiger partial charge < -0.3 is 4.90 Å². The Bertz CT molecular complexity index is 320. The Kier molecular flexibility index (Phi) is 4.81. The molecule has 15 heavy (non-hydrogen) atoms. The molecule has 0 aliphatic rings. The van der Waals surface area contributed by atoms with Crippen LogP contribution in [-0.2, 0) is 11.3 Å². The minimum absolute atomic E-state index is 0.187. The maximum Gasteiger partial charge on any atom is 0.224 e. The second-order valence-corrected chi connectivity index (χ2v) is 4.15. The number of rotatable bonds is 5. The van der Waals surface area contributed by atoms with E-state index in [1.54, 1.807) is 10.9 Å². The molecule has 0 aliphatic heterocycles. The highest BCUT2D eigenvalue weighted by Crippen LogP contribution is 2.06. The Morgan fingerprint density at radius 1 is 1.53 bits per heavy atom. The van der Waals surface area contributed by atoms with Crippen molar-refractivity contribution < 1.29 is 4.79 Å². The fraction of sp³-hybridized carbons (Fsp3) is 0.600. The standard InChI is InChI=1S/C10H16BrN3O/c1-3-13(4-2)10(15)5-6-14-8-9(11)7-12-14/h7-8H,3-6H2,1-2H3. The van der Waals surface area contributed by atoms with Gasteiger partial charge in [-0.05, 0) is 29.8 Å². The first-order valence-corrected chi connectivity index (χ1v) is 5.92. The van der Waals surface area contributed by atoms with E-state index in [4.69, 9.17) is 0 Å². The van der Waals surface area contributed by atoms with Crippen molar-refractivity contribution in [2.45, 2.75) is 26.8 Å². The molecule has 84 valence electrons. The van der Waals surface area contributed by atoms with E-state index < -0.39 is 0 Å². The van der Waals surface area contributed by atoms with Gasteiger partial charge in [-0.1, -0.05) is 0 Å². The zero-order valence-electron chi connectivity index (χ0n) is 9.11. The number of aryl methyl sites for hydroxylation is 1. The number of aromatic nitrogens is 2. The second kappa shape index (κ2) is 5.90. The van der Waals surface area contributed by atoms with Crippen molar-refractivity contribution in [2.75, 3.05) is 13.1 Å². The fourth-order valence-electron chi connectivity index (χ4n) is 1.41. The van der Waals surface area contributed by atoms with E-state index in [2.05, 4.69) is 21.0 Å². The van der Waals surface area contributed by atoms with E-state index in [0.717, 1.165) is 17.6 Å². The molecule has 0 saturated heterocycles. The van der Waals surface area contributed by atoms with Gasteiger partial charge >= 0.3 is 0 Å². The number of nitrogens with zero attached hydrogens (tertiary/aromatic N) is 3. The third kappa shape index (κ3) is 3.66. The van der Waals surface area contributed by atoms with Crippen LogP contribution in [0.15, 0.2) is 16.9 Å². The van der Waals surface area contributed by atoms with Crippen molar-refractivity contribution in [1.82, 2.24) is 14.7 Å². The number of halogens is 1. The Labute approximate surface area is 98.4 Å².